The molecule has 0 saturated carbocycles. The first-order chi connectivity index (χ1) is 9.61. The highest BCUT2D eigenvalue weighted by Crippen LogP contribution is 2.23. The third kappa shape index (κ3) is 3.62. The lowest BCUT2D eigenvalue weighted by molar-refractivity contribution is 0.0757. The van der Waals surface area contributed by atoms with Crippen molar-refractivity contribution in [3.05, 3.63) is 28.8 Å². The highest BCUT2D eigenvalue weighted by molar-refractivity contribution is 6.30. The van der Waals surface area contributed by atoms with Crippen molar-refractivity contribution in [2.75, 3.05) is 39.3 Å². The Hall–Kier alpha value is -1.30. The molecule has 0 atom stereocenters. The van der Waals surface area contributed by atoms with Crippen molar-refractivity contribution in [1.82, 2.24) is 9.80 Å². The molecule has 110 valence electrons. The zero-order valence-corrected chi connectivity index (χ0v) is 12.0. The molecule has 6 heteroatoms. The Labute approximate surface area is 123 Å². The van der Waals surface area contributed by atoms with E-state index in [1.165, 1.54) is 6.07 Å². The van der Waals surface area contributed by atoms with Gasteiger partial charge in [0.25, 0.3) is 5.91 Å². The van der Waals surface area contributed by atoms with E-state index < -0.39 is 0 Å². The van der Waals surface area contributed by atoms with Crippen LogP contribution in [0.2, 0.25) is 5.02 Å². The molecule has 0 aliphatic carbocycles. The van der Waals surface area contributed by atoms with Gasteiger partial charge in [0, 0.05) is 31.2 Å². The number of carbonyl (C=O) groups excluding carboxylic acids is 1. The van der Waals surface area contributed by atoms with Gasteiger partial charge in [-0.3, -0.25) is 9.69 Å². The van der Waals surface area contributed by atoms with Gasteiger partial charge in [-0.15, -0.1) is 0 Å². The van der Waals surface area contributed by atoms with Gasteiger partial charge in [-0.2, -0.15) is 0 Å². The van der Waals surface area contributed by atoms with Crippen molar-refractivity contribution in [2.45, 2.75) is 6.42 Å². The molecule has 2 rings (SSSR count). The molecule has 20 heavy (non-hydrogen) atoms. The Balaban J connectivity index is 2.05. The number of carbonyl (C=O) groups is 1. The van der Waals surface area contributed by atoms with E-state index in [0.29, 0.717) is 24.7 Å². The highest BCUT2D eigenvalue weighted by Gasteiger charge is 2.22. The lowest BCUT2D eigenvalue weighted by atomic mass is 10.1. The third-order valence-electron chi connectivity index (χ3n) is 3.48. The first kappa shape index (κ1) is 15.1. The molecule has 0 spiro atoms. The topological polar surface area (TPSA) is 64.0 Å². The van der Waals surface area contributed by atoms with Crippen LogP contribution in [0, 0.1) is 0 Å². The van der Waals surface area contributed by atoms with Gasteiger partial charge < -0.3 is 15.1 Å². The van der Waals surface area contributed by atoms with Crippen LogP contribution < -0.4 is 0 Å². The number of benzene rings is 1. The SMILES string of the molecule is O=C(c1ccc(Cl)cc1O)N1CCCN(CCO)CC1. The molecular weight excluding hydrogens is 280 g/mol. The summed E-state index contributed by atoms with van der Waals surface area (Å²) in [5.74, 6) is -0.260. The monoisotopic (exact) mass is 298 g/mol. The summed E-state index contributed by atoms with van der Waals surface area (Å²) in [5.41, 5.74) is 0.282. The molecule has 1 aliphatic rings. The van der Waals surface area contributed by atoms with Crippen molar-refractivity contribution >= 4 is 17.5 Å². The first-order valence-electron chi connectivity index (χ1n) is 6.73. The number of phenols is 1. The number of β-amino-alcohol motifs (C(OH)–C–C–N with tert-alkyl or cyclic N) is 1. The fourth-order valence-corrected chi connectivity index (χ4v) is 2.56. The van der Waals surface area contributed by atoms with Crippen molar-refractivity contribution in [3.63, 3.8) is 0 Å². The molecule has 1 amide bonds. The molecule has 1 saturated heterocycles. The van der Waals surface area contributed by atoms with Crippen LogP contribution in [0.3, 0.4) is 0 Å². The van der Waals surface area contributed by atoms with Crippen LogP contribution in [-0.2, 0) is 0 Å². The van der Waals surface area contributed by atoms with Crippen LogP contribution in [0.25, 0.3) is 0 Å². The number of nitrogens with zero attached hydrogens (tertiary/aromatic N) is 2. The minimum absolute atomic E-state index is 0.0843. The number of phenolic OH excluding ortho intramolecular Hbond substituents is 1. The molecule has 0 bridgehead atoms. The lowest BCUT2D eigenvalue weighted by Crippen LogP contribution is -2.35. The maximum atomic E-state index is 12.4. The number of rotatable bonds is 3. The van der Waals surface area contributed by atoms with E-state index in [-0.39, 0.29) is 23.8 Å². The molecule has 0 radical (unpaired) electrons. The van der Waals surface area contributed by atoms with Gasteiger partial charge in [0.2, 0.25) is 0 Å². The summed E-state index contributed by atoms with van der Waals surface area (Å²) in [7, 11) is 0. The smallest absolute Gasteiger partial charge is 0.257 e. The Morgan fingerprint density at radius 3 is 2.75 bits per heavy atom. The quantitative estimate of drug-likeness (QED) is 0.880. The van der Waals surface area contributed by atoms with Crippen LogP contribution in [-0.4, -0.2) is 65.3 Å². The minimum Gasteiger partial charge on any atom is -0.507 e. The average molecular weight is 299 g/mol. The molecule has 0 aromatic heterocycles. The second-order valence-electron chi connectivity index (χ2n) is 4.87. The van der Waals surface area contributed by atoms with Crippen LogP contribution in [0.4, 0.5) is 0 Å². The minimum atomic E-state index is -0.176. The molecule has 1 fully saturated rings. The molecule has 2 N–H and O–H groups in total. The standard InChI is InChI=1S/C14H19ClN2O3/c15-11-2-3-12(13(19)10-11)14(20)17-5-1-4-16(6-7-17)8-9-18/h2-3,10,18-19H,1,4-9H2. The molecular formula is C14H19ClN2O3. The molecule has 5 nitrogen and oxygen atoms in total. The van der Waals surface area contributed by atoms with Gasteiger partial charge in [-0.25, -0.2) is 0 Å². The predicted octanol–water partition coefficient (Wildman–Crippen LogP) is 1.19. The van der Waals surface area contributed by atoms with Crippen LogP contribution >= 0.6 is 11.6 Å². The molecule has 1 aromatic rings. The third-order valence-corrected chi connectivity index (χ3v) is 3.72. The van der Waals surface area contributed by atoms with Gasteiger partial charge in [-0.05, 0) is 31.2 Å². The van der Waals surface area contributed by atoms with E-state index in [1.54, 1.807) is 17.0 Å². The summed E-state index contributed by atoms with van der Waals surface area (Å²) >= 11 is 5.77. The molecule has 1 aliphatic heterocycles. The highest BCUT2D eigenvalue weighted by atomic mass is 35.5. The van der Waals surface area contributed by atoms with E-state index in [0.717, 1.165) is 19.5 Å². The summed E-state index contributed by atoms with van der Waals surface area (Å²) in [6.45, 7) is 3.63. The van der Waals surface area contributed by atoms with Gasteiger partial charge >= 0.3 is 0 Å². The fraction of sp³-hybridized carbons (Fsp3) is 0.500. The summed E-state index contributed by atoms with van der Waals surface area (Å²) in [6, 6.07) is 4.53. The molecule has 1 heterocycles. The number of hydrogen-bond donors (Lipinski definition) is 2. The summed E-state index contributed by atoms with van der Waals surface area (Å²) < 4.78 is 0. The normalized spacial score (nSPS) is 17.0. The van der Waals surface area contributed by atoms with Crippen molar-refractivity contribution in [1.29, 1.82) is 0 Å². The zero-order chi connectivity index (χ0) is 14.5. The van der Waals surface area contributed by atoms with Crippen LogP contribution in [0.1, 0.15) is 16.8 Å². The average Bonchev–Trinajstić information content (AvgIpc) is 2.64. The Morgan fingerprint density at radius 1 is 1.25 bits per heavy atom. The van der Waals surface area contributed by atoms with Gasteiger partial charge in [0.1, 0.15) is 5.75 Å². The zero-order valence-electron chi connectivity index (χ0n) is 11.3. The molecule has 1 aromatic carbocycles. The number of halogens is 1. The number of aliphatic hydroxyl groups is 1. The maximum absolute atomic E-state index is 12.4. The number of aromatic hydroxyl groups is 1. The Morgan fingerprint density at radius 2 is 2.05 bits per heavy atom. The van der Waals surface area contributed by atoms with E-state index in [2.05, 4.69) is 4.90 Å². The van der Waals surface area contributed by atoms with Crippen molar-refractivity contribution in [2.24, 2.45) is 0 Å². The Kier molecular flexibility index (Phi) is 5.23. The second-order valence-corrected chi connectivity index (χ2v) is 5.31. The molecule has 0 unspecified atom stereocenters. The van der Waals surface area contributed by atoms with Gasteiger partial charge in [0.05, 0.1) is 12.2 Å². The van der Waals surface area contributed by atoms with E-state index in [9.17, 15) is 9.90 Å². The van der Waals surface area contributed by atoms with Gasteiger partial charge in [-0.1, -0.05) is 11.6 Å². The fourth-order valence-electron chi connectivity index (χ4n) is 2.40. The number of amides is 1. The van der Waals surface area contributed by atoms with Crippen molar-refractivity contribution < 1.29 is 15.0 Å². The lowest BCUT2D eigenvalue weighted by Gasteiger charge is -2.22. The summed E-state index contributed by atoms with van der Waals surface area (Å²) in [6.07, 6.45) is 0.861. The van der Waals surface area contributed by atoms with E-state index >= 15 is 0 Å². The predicted molar refractivity (Wildman–Crippen MR) is 77.2 cm³/mol. The van der Waals surface area contributed by atoms with Gasteiger partial charge in [0.15, 0.2) is 0 Å². The van der Waals surface area contributed by atoms with Crippen molar-refractivity contribution in [3.8, 4) is 5.75 Å². The largest absolute Gasteiger partial charge is 0.507 e. The first-order valence-corrected chi connectivity index (χ1v) is 7.10. The van der Waals surface area contributed by atoms with E-state index in [4.69, 9.17) is 16.7 Å². The number of hydrogen-bond acceptors (Lipinski definition) is 4. The Bertz CT molecular complexity index is 481. The number of aliphatic hydroxyl groups excluding tert-OH is 1. The summed E-state index contributed by atoms with van der Waals surface area (Å²) in [5, 5.41) is 19.2. The second kappa shape index (κ2) is 6.92. The van der Waals surface area contributed by atoms with Crippen LogP contribution in [0.15, 0.2) is 18.2 Å². The summed E-state index contributed by atoms with van der Waals surface area (Å²) in [4.78, 5) is 16.3. The van der Waals surface area contributed by atoms with E-state index in [1.807, 2.05) is 0 Å². The van der Waals surface area contributed by atoms with Crippen LogP contribution in [0.5, 0.6) is 5.75 Å². The maximum Gasteiger partial charge on any atom is 0.257 e.